The predicted molar refractivity (Wildman–Crippen MR) is 156 cm³/mol. The van der Waals surface area contributed by atoms with Gasteiger partial charge in [0.15, 0.2) is 6.20 Å². The zero-order chi connectivity index (χ0) is 26.5. The van der Waals surface area contributed by atoms with Crippen LogP contribution in [0.15, 0.2) is 83.5 Å². The molecule has 1 saturated carbocycles. The third kappa shape index (κ3) is 3.72. The van der Waals surface area contributed by atoms with Gasteiger partial charge in [-0.2, -0.15) is 5.26 Å². The first-order valence-electron chi connectivity index (χ1n) is 13.9. The maximum Gasteiger partial charge on any atom is 0.216 e. The molecule has 0 atom stereocenters. The summed E-state index contributed by atoms with van der Waals surface area (Å²) in [6, 6.07) is 25.8. The van der Waals surface area contributed by atoms with Gasteiger partial charge >= 0.3 is 0 Å². The van der Waals surface area contributed by atoms with Crippen LogP contribution >= 0.6 is 0 Å². The van der Waals surface area contributed by atoms with Crippen molar-refractivity contribution in [3.63, 3.8) is 0 Å². The Morgan fingerprint density at radius 1 is 0.872 bits per heavy atom. The van der Waals surface area contributed by atoms with Gasteiger partial charge in [-0.05, 0) is 60.6 Å². The molecule has 1 aliphatic carbocycles. The molecule has 3 aromatic carbocycles. The summed E-state index contributed by atoms with van der Waals surface area (Å²) < 4.78 is 8.97. The van der Waals surface area contributed by atoms with Crippen LogP contribution in [0.3, 0.4) is 0 Å². The van der Waals surface area contributed by atoms with Gasteiger partial charge in [-0.1, -0.05) is 55.7 Å². The molecule has 0 saturated heterocycles. The molecule has 1 fully saturated rings. The lowest BCUT2D eigenvalue weighted by Crippen LogP contribution is -2.30. The lowest BCUT2D eigenvalue weighted by molar-refractivity contribution is -0.660. The summed E-state index contributed by atoms with van der Waals surface area (Å²) in [6.07, 6.45) is 10.3. The second kappa shape index (κ2) is 9.36. The molecule has 39 heavy (non-hydrogen) atoms. The molecular formula is C35H30N3O+. The molecule has 190 valence electrons. The summed E-state index contributed by atoms with van der Waals surface area (Å²) in [5.74, 6) is 0.632. The summed E-state index contributed by atoms with van der Waals surface area (Å²) in [5.41, 5.74) is 9.50. The number of aromatic nitrogens is 2. The number of pyridine rings is 2. The van der Waals surface area contributed by atoms with E-state index in [9.17, 15) is 5.26 Å². The van der Waals surface area contributed by atoms with E-state index < -0.39 is 0 Å². The molecule has 1 aliphatic rings. The van der Waals surface area contributed by atoms with Gasteiger partial charge in [0.2, 0.25) is 5.69 Å². The topological polar surface area (TPSA) is 53.7 Å². The van der Waals surface area contributed by atoms with E-state index in [0.717, 1.165) is 60.8 Å². The summed E-state index contributed by atoms with van der Waals surface area (Å²) in [5, 5.41) is 13.3. The minimum atomic E-state index is 0.610. The number of nitriles is 1. The second-order valence-corrected chi connectivity index (χ2v) is 10.9. The molecule has 0 bridgehead atoms. The van der Waals surface area contributed by atoms with Crippen molar-refractivity contribution >= 4 is 32.8 Å². The molecule has 3 heterocycles. The molecule has 0 unspecified atom stereocenters. The number of hydrogen-bond donors (Lipinski definition) is 0. The second-order valence-electron chi connectivity index (χ2n) is 10.9. The maximum absolute atomic E-state index is 10.5. The van der Waals surface area contributed by atoms with E-state index in [1.165, 1.54) is 37.7 Å². The van der Waals surface area contributed by atoms with Crippen molar-refractivity contribution in [1.82, 2.24) is 4.98 Å². The third-order valence-electron chi connectivity index (χ3n) is 8.56. The van der Waals surface area contributed by atoms with E-state index in [1.54, 1.807) is 6.20 Å². The van der Waals surface area contributed by atoms with Crippen LogP contribution < -0.4 is 4.57 Å². The van der Waals surface area contributed by atoms with E-state index in [2.05, 4.69) is 79.3 Å². The van der Waals surface area contributed by atoms with Crippen LogP contribution in [-0.4, -0.2) is 4.98 Å². The highest BCUT2D eigenvalue weighted by Gasteiger charge is 2.26. The van der Waals surface area contributed by atoms with Gasteiger partial charge in [-0.3, -0.25) is 4.98 Å². The van der Waals surface area contributed by atoms with Gasteiger partial charge < -0.3 is 4.42 Å². The minimum absolute atomic E-state index is 0.610. The highest BCUT2D eigenvalue weighted by Crippen LogP contribution is 2.45. The van der Waals surface area contributed by atoms with Crippen molar-refractivity contribution in [2.24, 2.45) is 7.05 Å². The molecule has 0 N–H and O–H groups in total. The smallest absolute Gasteiger partial charge is 0.216 e. The third-order valence-corrected chi connectivity index (χ3v) is 8.56. The van der Waals surface area contributed by atoms with Crippen LogP contribution in [0.1, 0.15) is 54.7 Å². The summed E-state index contributed by atoms with van der Waals surface area (Å²) in [6.45, 7) is 2.12. The van der Waals surface area contributed by atoms with Crippen molar-refractivity contribution in [3.05, 3.63) is 95.8 Å². The molecule has 3 aromatic heterocycles. The Balaban J connectivity index is 1.56. The summed E-state index contributed by atoms with van der Waals surface area (Å²) in [7, 11) is 2.06. The standard InChI is InChI=1S/C35H30N3O/c1-22-13-18-27-32-33-26(11-8-19-37-33)28(21-36)31(25-16-14-24(15-17-25)23-9-4-3-5-10-23)35(32)39-34(27)30(22)29-12-6-7-20-38(29)2/h6-8,11-20,23H,3-5,9-10H2,1-2H3/q+1. The van der Waals surface area contributed by atoms with Crippen molar-refractivity contribution < 1.29 is 8.98 Å². The Bertz CT molecular complexity index is 1920. The zero-order valence-electron chi connectivity index (χ0n) is 22.4. The van der Waals surface area contributed by atoms with E-state index in [0.29, 0.717) is 11.5 Å². The molecule has 7 rings (SSSR count). The molecule has 0 radical (unpaired) electrons. The normalized spacial score (nSPS) is 14.3. The number of rotatable bonds is 3. The Morgan fingerprint density at radius 3 is 2.46 bits per heavy atom. The number of aryl methyl sites for hydroxylation is 2. The van der Waals surface area contributed by atoms with Crippen LogP contribution in [-0.2, 0) is 7.05 Å². The Morgan fingerprint density at radius 2 is 1.69 bits per heavy atom. The highest BCUT2D eigenvalue weighted by atomic mass is 16.3. The SMILES string of the molecule is Cc1ccc2c(oc3c(-c4ccc(C5CCCCC5)cc4)c(C#N)c4cccnc4c32)c1-c1cccc[n+]1C. The van der Waals surface area contributed by atoms with Crippen molar-refractivity contribution in [1.29, 1.82) is 5.26 Å². The van der Waals surface area contributed by atoms with Gasteiger partial charge in [0.25, 0.3) is 0 Å². The highest BCUT2D eigenvalue weighted by molar-refractivity contribution is 6.24. The first-order valence-corrected chi connectivity index (χ1v) is 13.9. The maximum atomic E-state index is 10.5. The van der Waals surface area contributed by atoms with Crippen molar-refractivity contribution in [2.45, 2.75) is 44.9 Å². The van der Waals surface area contributed by atoms with E-state index in [1.807, 2.05) is 18.2 Å². The van der Waals surface area contributed by atoms with Crippen LogP contribution in [0, 0.1) is 18.3 Å². The summed E-state index contributed by atoms with van der Waals surface area (Å²) >= 11 is 0. The van der Waals surface area contributed by atoms with Crippen molar-refractivity contribution in [2.75, 3.05) is 0 Å². The predicted octanol–water partition coefficient (Wildman–Crippen LogP) is 8.52. The van der Waals surface area contributed by atoms with Gasteiger partial charge in [0, 0.05) is 34.7 Å². The average Bonchev–Trinajstić information content (AvgIpc) is 3.37. The van der Waals surface area contributed by atoms with Crippen LogP contribution in [0.2, 0.25) is 0 Å². The van der Waals surface area contributed by atoms with Gasteiger partial charge in [0.05, 0.1) is 22.0 Å². The van der Waals surface area contributed by atoms with Crippen LogP contribution in [0.25, 0.3) is 55.2 Å². The lowest BCUT2D eigenvalue weighted by atomic mass is 9.83. The number of nitrogens with zero attached hydrogens (tertiary/aromatic N) is 3. The van der Waals surface area contributed by atoms with Gasteiger partial charge in [-0.25, -0.2) is 4.57 Å². The number of benzene rings is 3. The largest absolute Gasteiger partial charge is 0.454 e. The Kier molecular flexibility index (Phi) is 5.67. The molecule has 6 aromatic rings. The monoisotopic (exact) mass is 508 g/mol. The number of hydrogen-bond acceptors (Lipinski definition) is 3. The summed E-state index contributed by atoms with van der Waals surface area (Å²) in [4.78, 5) is 4.78. The fraction of sp³-hybridized carbons (Fsp3) is 0.229. The molecule has 0 aliphatic heterocycles. The molecular weight excluding hydrogens is 478 g/mol. The molecule has 0 spiro atoms. The quantitative estimate of drug-likeness (QED) is 0.225. The van der Waals surface area contributed by atoms with E-state index in [4.69, 9.17) is 9.40 Å². The van der Waals surface area contributed by atoms with Crippen molar-refractivity contribution in [3.8, 4) is 28.5 Å². The fourth-order valence-electron chi connectivity index (χ4n) is 6.58. The fourth-order valence-corrected chi connectivity index (χ4v) is 6.58. The lowest BCUT2D eigenvalue weighted by Gasteiger charge is -2.22. The minimum Gasteiger partial charge on any atom is -0.454 e. The zero-order valence-corrected chi connectivity index (χ0v) is 22.4. The van der Waals surface area contributed by atoms with Gasteiger partial charge in [-0.15, -0.1) is 0 Å². The Labute approximate surface area is 228 Å². The molecule has 4 nitrogen and oxygen atoms in total. The first-order chi connectivity index (χ1) is 19.2. The molecule has 0 amide bonds. The van der Waals surface area contributed by atoms with Crippen LogP contribution in [0.4, 0.5) is 0 Å². The number of fused-ring (bicyclic) bond motifs is 5. The first kappa shape index (κ1) is 23.6. The van der Waals surface area contributed by atoms with Gasteiger partial charge in [0.1, 0.15) is 24.3 Å². The van der Waals surface area contributed by atoms with Crippen LogP contribution in [0.5, 0.6) is 0 Å². The molecule has 4 heteroatoms. The van der Waals surface area contributed by atoms with E-state index >= 15 is 0 Å². The van der Waals surface area contributed by atoms with E-state index in [-0.39, 0.29) is 0 Å². The number of furan rings is 1. The Hall–Kier alpha value is -4.49. The average molecular weight is 509 g/mol.